The Kier molecular flexibility index (Phi) is 5.03. The minimum Gasteiger partial charge on any atom is -0.486 e. The molecule has 0 fully saturated rings. The number of carbonyl (C=O) groups excluding carboxylic acids is 1. The summed E-state index contributed by atoms with van der Waals surface area (Å²) in [5.41, 5.74) is 7.44. The van der Waals surface area contributed by atoms with E-state index in [9.17, 15) is 9.00 Å². The third kappa shape index (κ3) is 3.64. The highest BCUT2D eigenvalue weighted by atomic mass is 32.2. The van der Waals surface area contributed by atoms with Gasteiger partial charge in [-0.25, -0.2) is 4.21 Å². The number of hydrogen-bond acceptors (Lipinski definition) is 4. The molecule has 3 aliphatic rings. The molecule has 6 rings (SSSR count). The molecule has 3 aromatic carbocycles. The predicted molar refractivity (Wildman–Crippen MR) is 131 cm³/mol. The van der Waals surface area contributed by atoms with Crippen molar-refractivity contribution >= 4 is 33.2 Å². The van der Waals surface area contributed by atoms with E-state index < -0.39 is 11.0 Å². The average Bonchev–Trinajstić information content (AvgIpc) is 3.41. The number of amides is 1. The molecule has 0 saturated heterocycles. The molecule has 1 N–H and O–H groups in total. The van der Waals surface area contributed by atoms with Gasteiger partial charge in [0.25, 0.3) is 5.91 Å². The van der Waals surface area contributed by atoms with E-state index in [-0.39, 0.29) is 12.0 Å². The Bertz CT molecular complexity index is 1300. The molecule has 5 nitrogen and oxygen atoms in total. The minimum atomic E-state index is -1.49. The number of rotatable bonds is 4. The van der Waals surface area contributed by atoms with Gasteiger partial charge in [0.1, 0.15) is 11.9 Å². The van der Waals surface area contributed by atoms with Crippen molar-refractivity contribution < 1.29 is 13.7 Å². The van der Waals surface area contributed by atoms with Gasteiger partial charge in [0.15, 0.2) is 11.0 Å². The molecule has 2 heterocycles. The van der Waals surface area contributed by atoms with Crippen LogP contribution < -0.4 is 14.4 Å². The summed E-state index contributed by atoms with van der Waals surface area (Å²) in [4.78, 5) is 14.4. The average molecular weight is 457 g/mol. The summed E-state index contributed by atoms with van der Waals surface area (Å²) in [6, 6.07) is 22.8. The van der Waals surface area contributed by atoms with E-state index in [0.29, 0.717) is 4.91 Å². The lowest BCUT2D eigenvalue weighted by Crippen LogP contribution is -2.25. The number of anilines is 2. The van der Waals surface area contributed by atoms with E-state index in [2.05, 4.69) is 52.1 Å². The molecular weight excluding hydrogens is 432 g/mol. The SMILES string of the molecule is O=C1C=C(c2ccc(O[C@@H]3CCc4c3cccc4N3CCCc4ccccc43)cc2)S(=O)N1. The van der Waals surface area contributed by atoms with Gasteiger partial charge < -0.3 is 9.64 Å². The number of carbonyl (C=O) groups is 1. The van der Waals surface area contributed by atoms with Crippen LogP contribution >= 0.6 is 0 Å². The highest BCUT2D eigenvalue weighted by Gasteiger charge is 2.29. The summed E-state index contributed by atoms with van der Waals surface area (Å²) in [6.45, 7) is 1.04. The molecule has 166 valence electrons. The minimum absolute atomic E-state index is 0.00825. The van der Waals surface area contributed by atoms with E-state index in [4.69, 9.17) is 4.74 Å². The first kappa shape index (κ1) is 20.2. The zero-order valence-corrected chi connectivity index (χ0v) is 18.9. The maximum Gasteiger partial charge on any atom is 0.257 e. The van der Waals surface area contributed by atoms with Crippen LogP contribution in [-0.4, -0.2) is 16.7 Å². The molecule has 3 aromatic rings. The number of aryl methyl sites for hydroxylation is 1. The third-order valence-electron chi connectivity index (χ3n) is 6.66. The second-order valence-corrected chi connectivity index (χ2v) is 9.82. The summed E-state index contributed by atoms with van der Waals surface area (Å²) >= 11 is 0. The van der Waals surface area contributed by atoms with Crippen LogP contribution in [0.4, 0.5) is 11.4 Å². The fraction of sp³-hybridized carbons (Fsp3) is 0.222. The van der Waals surface area contributed by atoms with E-state index in [1.54, 1.807) is 0 Å². The molecule has 6 heteroatoms. The Morgan fingerprint density at radius 3 is 2.58 bits per heavy atom. The van der Waals surface area contributed by atoms with E-state index in [0.717, 1.165) is 43.5 Å². The Morgan fingerprint density at radius 2 is 1.76 bits per heavy atom. The fourth-order valence-corrected chi connectivity index (χ4v) is 6.07. The van der Waals surface area contributed by atoms with Gasteiger partial charge in [-0.2, -0.15) is 0 Å². The maximum atomic E-state index is 12.0. The van der Waals surface area contributed by atoms with Crippen molar-refractivity contribution in [3.05, 3.63) is 95.1 Å². The lowest BCUT2D eigenvalue weighted by atomic mass is 9.99. The third-order valence-corrected chi connectivity index (χ3v) is 7.80. The van der Waals surface area contributed by atoms with Crippen LogP contribution in [0.3, 0.4) is 0 Å². The number of para-hydroxylation sites is 1. The quantitative estimate of drug-likeness (QED) is 0.602. The first-order valence-corrected chi connectivity index (χ1v) is 12.5. The van der Waals surface area contributed by atoms with Crippen LogP contribution in [0.1, 0.15) is 41.2 Å². The maximum absolute atomic E-state index is 12.0. The van der Waals surface area contributed by atoms with Crippen molar-refractivity contribution in [2.24, 2.45) is 0 Å². The molecule has 1 aliphatic carbocycles. The molecule has 0 aromatic heterocycles. The second-order valence-electron chi connectivity index (χ2n) is 8.64. The first-order valence-electron chi connectivity index (χ1n) is 11.4. The van der Waals surface area contributed by atoms with Crippen LogP contribution in [-0.2, 0) is 28.6 Å². The fourth-order valence-electron chi connectivity index (χ4n) is 5.16. The van der Waals surface area contributed by atoms with Crippen molar-refractivity contribution in [2.45, 2.75) is 31.8 Å². The van der Waals surface area contributed by atoms with Gasteiger partial charge in [0, 0.05) is 24.0 Å². The highest BCUT2D eigenvalue weighted by molar-refractivity contribution is 7.93. The van der Waals surface area contributed by atoms with Crippen LogP contribution in [0.5, 0.6) is 5.75 Å². The van der Waals surface area contributed by atoms with Crippen LogP contribution in [0.15, 0.2) is 72.8 Å². The molecule has 0 radical (unpaired) electrons. The Balaban J connectivity index is 1.25. The molecule has 1 unspecified atom stereocenters. The highest BCUT2D eigenvalue weighted by Crippen LogP contribution is 2.43. The lowest BCUT2D eigenvalue weighted by molar-refractivity contribution is -0.114. The number of hydrogen-bond donors (Lipinski definition) is 1. The molecule has 0 saturated carbocycles. The van der Waals surface area contributed by atoms with Crippen molar-refractivity contribution in [2.75, 3.05) is 11.4 Å². The van der Waals surface area contributed by atoms with Crippen molar-refractivity contribution in [3.8, 4) is 5.75 Å². The number of nitrogens with zero attached hydrogens (tertiary/aromatic N) is 1. The van der Waals surface area contributed by atoms with Crippen LogP contribution in [0.25, 0.3) is 4.91 Å². The molecule has 0 spiro atoms. The standard InChI is InChI=1S/C27H24N2O3S/c30-27-17-26(33(31)28-27)19-10-12-20(13-11-19)32-25-15-14-21-22(25)7-3-9-24(21)29-16-4-6-18-5-1-2-8-23(18)29/h1-3,5,7-13,17,25H,4,6,14-16H2,(H,28,30)/t25-,33?/m1/s1. The van der Waals surface area contributed by atoms with Crippen molar-refractivity contribution in [3.63, 3.8) is 0 Å². The smallest absolute Gasteiger partial charge is 0.257 e. The number of nitrogens with one attached hydrogen (secondary N) is 1. The van der Waals surface area contributed by atoms with Crippen molar-refractivity contribution in [1.82, 2.24) is 4.72 Å². The Hall–Kier alpha value is -3.38. The summed E-state index contributed by atoms with van der Waals surface area (Å²) in [5.74, 6) is 0.451. The molecule has 1 amide bonds. The van der Waals surface area contributed by atoms with Gasteiger partial charge in [-0.1, -0.05) is 42.5 Å². The largest absolute Gasteiger partial charge is 0.486 e. The zero-order valence-electron chi connectivity index (χ0n) is 18.1. The van der Waals surface area contributed by atoms with Crippen LogP contribution in [0, 0.1) is 0 Å². The van der Waals surface area contributed by atoms with Gasteiger partial charge in [-0.15, -0.1) is 0 Å². The normalized spacial score (nSPS) is 21.3. The summed E-state index contributed by atoms with van der Waals surface area (Å²) in [6.07, 6.45) is 5.63. The van der Waals surface area contributed by atoms with Gasteiger partial charge in [-0.05, 0) is 72.2 Å². The monoisotopic (exact) mass is 456 g/mol. The number of benzene rings is 3. The van der Waals surface area contributed by atoms with Crippen LogP contribution in [0.2, 0.25) is 0 Å². The first-order chi connectivity index (χ1) is 16.2. The zero-order chi connectivity index (χ0) is 22.4. The summed E-state index contributed by atoms with van der Waals surface area (Å²) in [7, 11) is -1.49. The molecule has 2 aliphatic heterocycles. The molecule has 33 heavy (non-hydrogen) atoms. The lowest BCUT2D eigenvalue weighted by Gasteiger charge is -2.33. The Morgan fingerprint density at radius 1 is 0.939 bits per heavy atom. The van der Waals surface area contributed by atoms with E-state index in [1.165, 1.54) is 34.1 Å². The summed E-state index contributed by atoms with van der Waals surface area (Å²) in [5, 5.41) is 0. The van der Waals surface area contributed by atoms with E-state index >= 15 is 0 Å². The molecule has 2 atom stereocenters. The van der Waals surface area contributed by atoms with Gasteiger partial charge in [0.2, 0.25) is 0 Å². The van der Waals surface area contributed by atoms with Gasteiger partial charge in [0.05, 0.1) is 4.91 Å². The number of ether oxygens (including phenoxy) is 1. The van der Waals surface area contributed by atoms with Crippen molar-refractivity contribution in [1.29, 1.82) is 0 Å². The van der Waals surface area contributed by atoms with E-state index in [1.807, 2.05) is 24.3 Å². The van der Waals surface area contributed by atoms with Gasteiger partial charge in [-0.3, -0.25) is 9.52 Å². The summed E-state index contributed by atoms with van der Waals surface area (Å²) < 4.78 is 20.8. The molecule has 0 bridgehead atoms. The topological polar surface area (TPSA) is 58.6 Å². The van der Waals surface area contributed by atoms with Gasteiger partial charge >= 0.3 is 0 Å². The number of fused-ring (bicyclic) bond motifs is 2. The predicted octanol–water partition coefficient (Wildman–Crippen LogP) is 4.97. The second kappa shape index (κ2) is 8.19. The Labute approximate surface area is 195 Å². The molecular formula is C27H24N2O3S.